The van der Waals surface area contributed by atoms with Crippen LogP contribution in [0.15, 0.2) is 72.8 Å². The van der Waals surface area contributed by atoms with Gasteiger partial charge in [0.1, 0.15) is 24.7 Å². The van der Waals surface area contributed by atoms with Crippen LogP contribution in [0.5, 0.6) is 23.0 Å². The van der Waals surface area contributed by atoms with Crippen LogP contribution in [0, 0.1) is 12.8 Å². The molecule has 0 fully saturated rings. The van der Waals surface area contributed by atoms with Crippen LogP contribution in [0.3, 0.4) is 0 Å². The largest absolute Gasteiger partial charge is 0.493 e. The van der Waals surface area contributed by atoms with Crippen LogP contribution in [0.4, 0.5) is 0 Å². The molecule has 154 valence electrons. The molecule has 30 heavy (non-hydrogen) atoms. The first kappa shape index (κ1) is 20.1. The van der Waals surface area contributed by atoms with E-state index in [-0.39, 0.29) is 0 Å². The Morgan fingerprint density at radius 1 is 0.400 bits per heavy atom. The standard InChI is InChI=1S/C26H26O4/c1-3-13-23-21(9-1)12-8-18-28-25-15-5-6-16-26(25)30-20-19-29-24-14-4-2-10-22(24)11-7-17-27-23/h1-6,9-16H,7-8,17-20H2. The molecule has 4 nitrogen and oxygen atoms in total. The van der Waals surface area contributed by atoms with Crippen molar-refractivity contribution in [2.45, 2.75) is 12.8 Å². The van der Waals surface area contributed by atoms with E-state index in [4.69, 9.17) is 18.9 Å². The minimum Gasteiger partial charge on any atom is -0.493 e. The SMILES string of the molecule is [CH]1CCOc2ccccc2OCCOc2ccccc2[CH]CCOc2ccccc21. The van der Waals surface area contributed by atoms with Gasteiger partial charge in [0.15, 0.2) is 11.5 Å². The van der Waals surface area contributed by atoms with E-state index in [9.17, 15) is 0 Å². The monoisotopic (exact) mass is 402 g/mol. The molecule has 0 atom stereocenters. The Bertz CT molecular complexity index is 740. The fraction of sp³-hybridized carbons (Fsp3) is 0.231. The molecule has 2 radical (unpaired) electrons. The molecule has 0 unspecified atom stereocenters. The molecule has 1 aliphatic rings. The van der Waals surface area contributed by atoms with Gasteiger partial charge in [-0.25, -0.2) is 0 Å². The number of fused-ring (bicyclic) bond motifs is 3. The second kappa shape index (κ2) is 10.6. The van der Waals surface area contributed by atoms with Crippen LogP contribution in [0.2, 0.25) is 0 Å². The van der Waals surface area contributed by atoms with Crippen molar-refractivity contribution >= 4 is 0 Å². The lowest BCUT2D eigenvalue weighted by molar-refractivity contribution is 0.206. The Hall–Kier alpha value is -3.14. The summed E-state index contributed by atoms with van der Waals surface area (Å²) in [6.07, 6.45) is 5.86. The van der Waals surface area contributed by atoms with Gasteiger partial charge in [-0.15, -0.1) is 0 Å². The van der Waals surface area contributed by atoms with Crippen molar-refractivity contribution in [2.75, 3.05) is 26.4 Å². The van der Waals surface area contributed by atoms with Crippen molar-refractivity contribution in [3.8, 4) is 23.0 Å². The van der Waals surface area contributed by atoms with Gasteiger partial charge < -0.3 is 18.9 Å². The molecule has 0 aromatic heterocycles. The average molecular weight is 402 g/mol. The molecule has 0 spiro atoms. The van der Waals surface area contributed by atoms with Crippen LogP contribution in [-0.2, 0) is 0 Å². The molecule has 0 N–H and O–H groups in total. The maximum Gasteiger partial charge on any atom is 0.161 e. The number of hydrogen-bond donors (Lipinski definition) is 0. The van der Waals surface area contributed by atoms with Crippen molar-refractivity contribution in [3.05, 3.63) is 96.8 Å². The molecule has 4 rings (SSSR count). The molecule has 0 saturated carbocycles. The lowest BCUT2D eigenvalue weighted by Gasteiger charge is -2.16. The molecule has 4 heteroatoms. The fourth-order valence-electron chi connectivity index (χ4n) is 3.32. The number of rotatable bonds is 0. The van der Waals surface area contributed by atoms with Gasteiger partial charge >= 0.3 is 0 Å². The third-order valence-corrected chi connectivity index (χ3v) is 4.76. The lowest BCUT2D eigenvalue weighted by Crippen LogP contribution is -2.11. The van der Waals surface area contributed by atoms with E-state index in [2.05, 4.69) is 25.0 Å². The van der Waals surface area contributed by atoms with Gasteiger partial charge in [0.2, 0.25) is 0 Å². The van der Waals surface area contributed by atoms with E-state index in [1.54, 1.807) is 0 Å². The van der Waals surface area contributed by atoms with Crippen LogP contribution in [0.25, 0.3) is 0 Å². The van der Waals surface area contributed by atoms with Crippen LogP contribution in [0.1, 0.15) is 24.0 Å². The summed E-state index contributed by atoms with van der Waals surface area (Å²) in [5.41, 5.74) is 2.14. The highest BCUT2D eigenvalue weighted by molar-refractivity contribution is 5.41. The van der Waals surface area contributed by atoms with E-state index in [1.165, 1.54) is 0 Å². The van der Waals surface area contributed by atoms with E-state index < -0.39 is 0 Å². The Morgan fingerprint density at radius 3 is 1.30 bits per heavy atom. The number of benzene rings is 3. The Kier molecular flexibility index (Phi) is 7.11. The summed E-state index contributed by atoms with van der Waals surface area (Å²) in [7, 11) is 0. The number of ether oxygens (including phenoxy) is 4. The highest BCUT2D eigenvalue weighted by Crippen LogP contribution is 2.28. The van der Waals surface area contributed by atoms with E-state index in [1.807, 2.05) is 60.7 Å². The third-order valence-electron chi connectivity index (χ3n) is 4.76. The van der Waals surface area contributed by atoms with Crippen LogP contribution in [-0.4, -0.2) is 26.4 Å². The molecule has 1 heterocycles. The van der Waals surface area contributed by atoms with Gasteiger partial charge in [0.25, 0.3) is 0 Å². The second-order valence-corrected chi connectivity index (χ2v) is 6.90. The molecule has 0 bridgehead atoms. The Balaban J connectivity index is 1.50. The minimum atomic E-state index is 0.442. The van der Waals surface area contributed by atoms with Crippen LogP contribution >= 0.6 is 0 Å². The predicted molar refractivity (Wildman–Crippen MR) is 117 cm³/mol. The summed E-state index contributed by atoms with van der Waals surface area (Å²) in [5.74, 6) is 3.21. The van der Waals surface area contributed by atoms with Crippen molar-refractivity contribution < 1.29 is 18.9 Å². The number of hydrogen-bond acceptors (Lipinski definition) is 4. The first-order valence-electron chi connectivity index (χ1n) is 10.3. The second-order valence-electron chi connectivity index (χ2n) is 6.90. The van der Waals surface area contributed by atoms with E-state index >= 15 is 0 Å². The summed E-state index contributed by atoms with van der Waals surface area (Å²) < 4.78 is 23.9. The Morgan fingerprint density at radius 2 is 0.767 bits per heavy atom. The van der Waals surface area contributed by atoms with E-state index in [0.717, 1.165) is 47.0 Å². The highest BCUT2D eigenvalue weighted by atomic mass is 16.5. The van der Waals surface area contributed by atoms with Crippen LogP contribution < -0.4 is 18.9 Å². The fourth-order valence-corrected chi connectivity index (χ4v) is 3.32. The lowest BCUT2D eigenvalue weighted by atomic mass is 10.1. The van der Waals surface area contributed by atoms with Crippen molar-refractivity contribution in [1.29, 1.82) is 0 Å². The summed E-state index contributed by atoms with van der Waals surface area (Å²) in [4.78, 5) is 0. The average Bonchev–Trinajstić information content (AvgIpc) is 2.79. The summed E-state index contributed by atoms with van der Waals surface area (Å²) in [6, 6.07) is 23.9. The quantitative estimate of drug-likeness (QED) is 0.497. The highest BCUT2D eigenvalue weighted by Gasteiger charge is 2.09. The molecule has 0 aliphatic carbocycles. The molecule has 1 aliphatic heterocycles. The zero-order valence-corrected chi connectivity index (χ0v) is 17.0. The smallest absolute Gasteiger partial charge is 0.161 e. The topological polar surface area (TPSA) is 36.9 Å². The van der Waals surface area contributed by atoms with Gasteiger partial charge in [-0.2, -0.15) is 0 Å². The third kappa shape index (κ3) is 5.47. The molecular weight excluding hydrogens is 376 g/mol. The van der Waals surface area contributed by atoms with Gasteiger partial charge in [-0.1, -0.05) is 48.5 Å². The molecule has 0 amide bonds. The summed E-state index contributed by atoms with van der Waals surface area (Å²) in [6.45, 7) is 2.06. The summed E-state index contributed by atoms with van der Waals surface area (Å²) in [5, 5.41) is 0. The molecule has 3 aromatic carbocycles. The van der Waals surface area contributed by atoms with Crippen molar-refractivity contribution in [1.82, 2.24) is 0 Å². The zero-order chi connectivity index (χ0) is 20.4. The van der Waals surface area contributed by atoms with Crippen molar-refractivity contribution in [2.24, 2.45) is 0 Å². The van der Waals surface area contributed by atoms with E-state index in [0.29, 0.717) is 26.4 Å². The van der Waals surface area contributed by atoms with Gasteiger partial charge in [-0.05, 0) is 61.1 Å². The molecular formula is C26H26O4. The normalized spacial score (nSPS) is 15.3. The van der Waals surface area contributed by atoms with Gasteiger partial charge in [0.05, 0.1) is 13.2 Å². The summed E-state index contributed by atoms with van der Waals surface area (Å²) >= 11 is 0. The number of para-hydroxylation sites is 4. The molecule has 3 aromatic rings. The maximum atomic E-state index is 6.04. The first-order chi connectivity index (χ1) is 14.9. The van der Waals surface area contributed by atoms with Gasteiger partial charge in [0, 0.05) is 0 Å². The van der Waals surface area contributed by atoms with Gasteiger partial charge in [-0.3, -0.25) is 0 Å². The van der Waals surface area contributed by atoms with Crippen molar-refractivity contribution in [3.63, 3.8) is 0 Å². The maximum absolute atomic E-state index is 6.04. The zero-order valence-electron chi connectivity index (χ0n) is 17.0. The Labute approximate surface area is 178 Å². The molecule has 0 saturated heterocycles. The first-order valence-corrected chi connectivity index (χ1v) is 10.3. The minimum absolute atomic E-state index is 0.442. The predicted octanol–water partition coefficient (Wildman–Crippen LogP) is 5.50.